The van der Waals surface area contributed by atoms with Crippen LogP contribution in [0.2, 0.25) is 0 Å². The van der Waals surface area contributed by atoms with E-state index in [4.69, 9.17) is 9.47 Å². The summed E-state index contributed by atoms with van der Waals surface area (Å²) in [6.45, 7) is -0.365. The van der Waals surface area contributed by atoms with E-state index < -0.39 is 28.6 Å². The fourth-order valence-electron chi connectivity index (χ4n) is 2.80. The Balaban J connectivity index is 1.75. The molecule has 1 heterocycles. The van der Waals surface area contributed by atoms with E-state index in [-0.39, 0.29) is 17.2 Å². The van der Waals surface area contributed by atoms with Gasteiger partial charge in [-0.1, -0.05) is 18.2 Å². The third-order valence-electron chi connectivity index (χ3n) is 4.39. The number of amides is 2. The SMILES string of the molecule is COC(=O)CN1C(=O)SC(=Cc2ccc(OCc3cccc([N+](=O)[O-])c3)c(OC)c2)C1=O. The number of hydrogen-bond acceptors (Lipinski definition) is 9. The monoisotopic (exact) mass is 458 g/mol. The summed E-state index contributed by atoms with van der Waals surface area (Å²) in [5, 5.41) is 10.3. The predicted molar refractivity (Wildman–Crippen MR) is 115 cm³/mol. The highest BCUT2D eigenvalue weighted by atomic mass is 32.2. The first-order valence-corrected chi connectivity index (χ1v) is 10.0. The topological polar surface area (TPSA) is 125 Å². The Labute approximate surface area is 186 Å². The highest BCUT2D eigenvalue weighted by Gasteiger charge is 2.36. The number of nitro benzene ring substituents is 1. The van der Waals surface area contributed by atoms with Gasteiger partial charge in [0.1, 0.15) is 13.2 Å². The van der Waals surface area contributed by atoms with Crippen LogP contribution in [0.1, 0.15) is 11.1 Å². The second kappa shape index (κ2) is 9.96. The summed E-state index contributed by atoms with van der Waals surface area (Å²) in [6.07, 6.45) is 1.51. The Morgan fingerprint density at radius 3 is 2.62 bits per heavy atom. The zero-order valence-corrected chi connectivity index (χ0v) is 17.9. The molecule has 0 atom stereocenters. The van der Waals surface area contributed by atoms with Gasteiger partial charge in [-0.05, 0) is 41.1 Å². The van der Waals surface area contributed by atoms with E-state index in [1.807, 2.05) is 0 Å². The fraction of sp³-hybridized carbons (Fsp3) is 0.190. The number of carbonyl (C=O) groups is 3. The van der Waals surface area contributed by atoms with E-state index in [9.17, 15) is 24.5 Å². The molecule has 0 aromatic heterocycles. The molecule has 3 rings (SSSR count). The Kier molecular flexibility index (Phi) is 7.11. The van der Waals surface area contributed by atoms with Crippen LogP contribution >= 0.6 is 11.8 Å². The molecular weight excluding hydrogens is 440 g/mol. The number of thioether (sulfide) groups is 1. The average Bonchev–Trinajstić information content (AvgIpc) is 3.05. The van der Waals surface area contributed by atoms with Crippen molar-refractivity contribution in [2.45, 2.75) is 6.61 Å². The number of nitrogens with zero attached hydrogens (tertiary/aromatic N) is 2. The van der Waals surface area contributed by atoms with Crippen molar-refractivity contribution < 1.29 is 33.5 Å². The zero-order chi connectivity index (χ0) is 23.3. The number of non-ortho nitro benzene ring substituents is 1. The van der Waals surface area contributed by atoms with Gasteiger partial charge in [0.15, 0.2) is 11.5 Å². The molecule has 1 aliphatic heterocycles. The third kappa shape index (κ3) is 5.24. The van der Waals surface area contributed by atoms with Gasteiger partial charge in [-0.15, -0.1) is 0 Å². The second-order valence-corrected chi connectivity index (χ2v) is 7.46. The van der Waals surface area contributed by atoms with Crippen LogP contribution in [0.4, 0.5) is 10.5 Å². The molecule has 2 aromatic rings. The maximum absolute atomic E-state index is 12.4. The number of imide groups is 1. The highest BCUT2D eigenvalue weighted by molar-refractivity contribution is 8.18. The minimum atomic E-state index is -0.694. The van der Waals surface area contributed by atoms with Crippen LogP contribution in [0.5, 0.6) is 11.5 Å². The van der Waals surface area contributed by atoms with Crippen LogP contribution in [0.3, 0.4) is 0 Å². The lowest BCUT2D eigenvalue weighted by molar-refractivity contribution is -0.384. The molecule has 0 bridgehead atoms. The number of carbonyl (C=O) groups excluding carboxylic acids is 3. The van der Waals surface area contributed by atoms with Crippen molar-refractivity contribution in [3.63, 3.8) is 0 Å². The summed E-state index contributed by atoms with van der Waals surface area (Å²) < 4.78 is 15.6. The zero-order valence-electron chi connectivity index (χ0n) is 17.1. The summed E-state index contributed by atoms with van der Waals surface area (Å²) >= 11 is 0.722. The van der Waals surface area contributed by atoms with E-state index in [0.29, 0.717) is 22.6 Å². The highest BCUT2D eigenvalue weighted by Crippen LogP contribution is 2.34. The Bertz CT molecular complexity index is 1110. The van der Waals surface area contributed by atoms with Gasteiger partial charge >= 0.3 is 5.97 Å². The Morgan fingerprint density at radius 1 is 1.16 bits per heavy atom. The quantitative estimate of drug-likeness (QED) is 0.253. The molecular formula is C21H18N2O8S. The molecule has 10 nitrogen and oxygen atoms in total. The van der Waals surface area contributed by atoms with Crippen molar-refractivity contribution in [3.05, 3.63) is 68.6 Å². The normalized spacial score (nSPS) is 14.6. The number of ether oxygens (including phenoxy) is 3. The molecule has 2 aromatic carbocycles. The number of hydrogen-bond donors (Lipinski definition) is 0. The van der Waals surface area contributed by atoms with Crippen LogP contribution < -0.4 is 9.47 Å². The molecule has 0 aliphatic carbocycles. The number of benzene rings is 2. The van der Waals surface area contributed by atoms with E-state index >= 15 is 0 Å². The van der Waals surface area contributed by atoms with Gasteiger partial charge in [0.25, 0.3) is 16.8 Å². The van der Waals surface area contributed by atoms with Gasteiger partial charge in [-0.25, -0.2) is 0 Å². The molecule has 0 N–H and O–H groups in total. The predicted octanol–water partition coefficient (Wildman–Crippen LogP) is 3.39. The lowest BCUT2D eigenvalue weighted by Gasteiger charge is -2.12. The largest absolute Gasteiger partial charge is 0.493 e. The summed E-state index contributed by atoms with van der Waals surface area (Å²) in [5.74, 6) is -0.510. The molecule has 1 fully saturated rings. The first kappa shape index (κ1) is 22.8. The molecule has 1 aliphatic rings. The van der Waals surface area contributed by atoms with Crippen LogP contribution in [-0.4, -0.2) is 47.7 Å². The van der Waals surface area contributed by atoms with Crippen molar-refractivity contribution in [2.24, 2.45) is 0 Å². The van der Waals surface area contributed by atoms with Gasteiger partial charge < -0.3 is 14.2 Å². The summed E-state index contributed by atoms with van der Waals surface area (Å²) in [5.41, 5.74) is 1.16. The van der Waals surface area contributed by atoms with Crippen molar-refractivity contribution in [2.75, 3.05) is 20.8 Å². The van der Waals surface area contributed by atoms with Gasteiger partial charge in [0, 0.05) is 12.1 Å². The summed E-state index contributed by atoms with van der Waals surface area (Å²) in [7, 11) is 2.62. The van der Waals surface area contributed by atoms with Crippen molar-refractivity contribution in [1.82, 2.24) is 4.90 Å². The van der Waals surface area contributed by atoms with E-state index in [2.05, 4.69) is 4.74 Å². The van der Waals surface area contributed by atoms with Gasteiger partial charge in [-0.2, -0.15) is 0 Å². The van der Waals surface area contributed by atoms with E-state index in [1.165, 1.54) is 32.4 Å². The minimum absolute atomic E-state index is 0.0328. The maximum Gasteiger partial charge on any atom is 0.325 e. The molecule has 0 spiro atoms. The van der Waals surface area contributed by atoms with Crippen molar-refractivity contribution in [1.29, 1.82) is 0 Å². The number of nitro groups is 1. The summed E-state index contributed by atoms with van der Waals surface area (Å²) in [4.78, 5) is 47.3. The molecule has 166 valence electrons. The second-order valence-electron chi connectivity index (χ2n) is 6.47. The first-order valence-electron chi connectivity index (χ1n) is 9.18. The fourth-order valence-corrected chi connectivity index (χ4v) is 3.63. The van der Waals surface area contributed by atoms with Gasteiger partial charge in [0.05, 0.1) is 24.0 Å². The smallest absolute Gasteiger partial charge is 0.325 e. The molecule has 11 heteroatoms. The van der Waals surface area contributed by atoms with E-state index in [0.717, 1.165) is 16.7 Å². The lowest BCUT2D eigenvalue weighted by Crippen LogP contribution is -2.34. The van der Waals surface area contributed by atoms with Crippen molar-refractivity contribution >= 4 is 40.6 Å². The number of esters is 1. The molecule has 32 heavy (non-hydrogen) atoms. The maximum atomic E-state index is 12.4. The van der Waals surface area contributed by atoms with E-state index in [1.54, 1.807) is 30.3 Å². The van der Waals surface area contributed by atoms with Crippen LogP contribution in [-0.2, 0) is 20.9 Å². The number of rotatable bonds is 8. The first-order chi connectivity index (χ1) is 15.3. The molecule has 2 amide bonds. The Morgan fingerprint density at radius 2 is 1.94 bits per heavy atom. The lowest BCUT2D eigenvalue weighted by atomic mass is 10.1. The van der Waals surface area contributed by atoms with Crippen LogP contribution in [0, 0.1) is 10.1 Å². The van der Waals surface area contributed by atoms with Gasteiger partial charge in [-0.3, -0.25) is 29.4 Å². The standard InChI is InChI=1S/C21H18N2O8S/c1-29-17-9-13(10-18-20(25)22(21(26)32-18)11-19(24)30-2)6-7-16(17)31-12-14-4-3-5-15(8-14)23(27)28/h3-10H,11-12H2,1-2H3. The van der Waals surface area contributed by atoms with Crippen LogP contribution in [0.15, 0.2) is 47.4 Å². The van der Waals surface area contributed by atoms with Crippen molar-refractivity contribution in [3.8, 4) is 11.5 Å². The minimum Gasteiger partial charge on any atom is -0.493 e. The molecule has 0 radical (unpaired) electrons. The Hall–Kier alpha value is -3.86. The average molecular weight is 458 g/mol. The third-order valence-corrected chi connectivity index (χ3v) is 5.30. The molecule has 0 saturated carbocycles. The van der Waals surface area contributed by atoms with Crippen LogP contribution in [0.25, 0.3) is 6.08 Å². The molecule has 1 saturated heterocycles. The molecule has 0 unspecified atom stereocenters. The number of methoxy groups -OCH3 is 2. The summed E-state index contributed by atoms with van der Waals surface area (Å²) in [6, 6.07) is 11.0. The van der Waals surface area contributed by atoms with Gasteiger partial charge in [0.2, 0.25) is 0 Å².